The Morgan fingerprint density at radius 2 is 2.12 bits per heavy atom. The van der Waals surface area contributed by atoms with Crippen molar-refractivity contribution in [3.05, 3.63) is 41.1 Å². The van der Waals surface area contributed by atoms with Gasteiger partial charge in [-0.1, -0.05) is 30.3 Å². The fourth-order valence-electron chi connectivity index (χ4n) is 2.51. The summed E-state index contributed by atoms with van der Waals surface area (Å²) in [5.74, 6) is -0.475. The summed E-state index contributed by atoms with van der Waals surface area (Å²) >= 11 is 0. The molecule has 1 aromatic rings. The zero-order valence-electron chi connectivity index (χ0n) is 9.89. The topological polar surface area (TPSA) is 53.8 Å². The molecule has 0 radical (unpaired) electrons. The van der Waals surface area contributed by atoms with E-state index in [1.807, 2.05) is 30.3 Å². The molecule has 4 heteroatoms. The average Bonchev–Trinajstić information content (AvgIpc) is 2.38. The third-order valence-corrected chi connectivity index (χ3v) is 3.40. The molecular weight excluding hydrogens is 218 g/mol. The predicted molar refractivity (Wildman–Crippen MR) is 63.4 cm³/mol. The Kier molecular flexibility index (Phi) is 3.76. The Balaban J connectivity index is 2.22. The highest BCUT2D eigenvalue weighted by atomic mass is 16.5. The van der Waals surface area contributed by atoms with Crippen LogP contribution in [0.1, 0.15) is 17.9 Å². The molecule has 92 valence electrons. The summed E-state index contributed by atoms with van der Waals surface area (Å²) < 4.78 is 4.80. The van der Waals surface area contributed by atoms with E-state index in [1.165, 1.54) is 7.11 Å². The van der Waals surface area contributed by atoms with E-state index >= 15 is 0 Å². The zero-order valence-corrected chi connectivity index (χ0v) is 9.89. The lowest BCUT2D eigenvalue weighted by molar-refractivity contribution is -0.857. The van der Waals surface area contributed by atoms with Crippen molar-refractivity contribution in [1.29, 1.82) is 0 Å². The third kappa shape index (κ3) is 2.65. The molecule has 1 aliphatic rings. The summed E-state index contributed by atoms with van der Waals surface area (Å²) in [5.41, 5.74) is 1.12. The minimum Gasteiger partial charge on any atom is -0.634 e. The Morgan fingerprint density at radius 1 is 1.41 bits per heavy atom. The minimum absolute atomic E-state index is 0.112. The van der Waals surface area contributed by atoms with E-state index in [0.717, 1.165) is 12.0 Å². The van der Waals surface area contributed by atoms with Crippen LogP contribution in [0.5, 0.6) is 0 Å². The van der Waals surface area contributed by atoms with Crippen molar-refractivity contribution >= 4 is 5.97 Å². The van der Waals surface area contributed by atoms with Gasteiger partial charge in [0, 0.05) is 12.3 Å². The van der Waals surface area contributed by atoms with Gasteiger partial charge in [-0.05, 0) is 5.56 Å². The van der Waals surface area contributed by atoms with Crippen molar-refractivity contribution in [2.24, 2.45) is 5.92 Å². The molecule has 1 saturated heterocycles. The van der Waals surface area contributed by atoms with Crippen LogP contribution in [0.25, 0.3) is 0 Å². The van der Waals surface area contributed by atoms with Gasteiger partial charge in [0.05, 0.1) is 20.2 Å². The van der Waals surface area contributed by atoms with Crippen LogP contribution in [0.4, 0.5) is 0 Å². The molecule has 0 bridgehead atoms. The zero-order chi connectivity index (χ0) is 12.3. The van der Waals surface area contributed by atoms with E-state index in [1.54, 1.807) is 0 Å². The lowest BCUT2D eigenvalue weighted by atomic mass is 9.81. The number of carbonyl (C=O) groups is 1. The van der Waals surface area contributed by atoms with Gasteiger partial charge in [0.1, 0.15) is 5.92 Å². The highest BCUT2D eigenvalue weighted by Crippen LogP contribution is 2.29. The predicted octanol–water partition coefficient (Wildman–Crippen LogP) is 0.346. The Hall–Kier alpha value is -1.39. The number of hydroxylamine groups is 2. The van der Waals surface area contributed by atoms with Crippen LogP contribution >= 0.6 is 0 Å². The molecule has 1 aliphatic heterocycles. The Labute approximate surface area is 101 Å². The summed E-state index contributed by atoms with van der Waals surface area (Å²) in [4.78, 5) is 11.7. The summed E-state index contributed by atoms with van der Waals surface area (Å²) in [6.45, 7) is 0.874. The lowest BCUT2D eigenvalue weighted by Crippen LogP contribution is -3.09. The normalized spacial score (nSPS) is 28.7. The molecule has 0 amide bonds. The lowest BCUT2D eigenvalue weighted by Gasteiger charge is -2.36. The molecule has 4 nitrogen and oxygen atoms in total. The number of methoxy groups -OCH3 is 1. The summed E-state index contributed by atoms with van der Waals surface area (Å²) in [5, 5.41) is 11.6. The number of carbonyl (C=O) groups excluding carboxylic acids is 1. The largest absolute Gasteiger partial charge is 0.634 e. The van der Waals surface area contributed by atoms with Crippen molar-refractivity contribution in [2.75, 3.05) is 20.2 Å². The standard InChI is InChI=1S/C13H17NO3/c1-17-13(15)12-9-14(16)8-7-11(12)10-5-3-2-4-6-10/h2-6,11-12,14H,7-9H2,1H3. The second kappa shape index (κ2) is 5.29. The maximum atomic E-state index is 11.7. The summed E-state index contributed by atoms with van der Waals surface area (Å²) in [6, 6.07) is 9.89. The van der Waals surface area contributed by atoms with E-state index in [9.17, 15) is 10.0 Å². The minimum atomic E-state index is -0.316. The number of piperidine rings is 1. The van der Waals surface area contributed by atoms with Gasteiger partial charge in [-0.2, -0.15) is 0 Å². The van der Waals surface area contributed by atoms with Crippen LogP contribution in [0, 0.1) is 11.1 Å². The van der Waals surface area contributed by atoms with Gasteiger partial charge in [-0.3, -0.25) is 4.79 Å². The fraction of sp³-hybridized carbons (Fsp3) is 0.462. The van der Waals surface area contributed by atoms with Gasteiger partial charge in [-0.15, -0.1) is 0 Å². The molecule has 1 aromatic carbocycles. The molecule has 0 saturated carbocycles. The van der Waals surface area contributed by atoms with Gasteiger partial charge in [0.2, 0.25) is 0 Å². The van der Waals surface area contributed by atoms with Crippen LogP contribution in [-0.4, -0.2) is 26.2 Å². The molecule has 0 aliphatic carbocycles. The van der Waals surface area contributed by atoms with Crippen LogP contribution in [-0.2, 0) is 9.53 Å². The van der Waals surface area contributed by atoms with Crippen LogP contribution in [0.15, 0.2) is 30.3 Å². The number of nitrogens with one attached hydrogen (secondary N) is 1. The third-order valence-electron chi connectivity index (χ3n) is 3.40. The van der Waals surface area contributed by atoms with Gasteiger partial charge < -0.3 is 15.0 Å². The van der Waals surface area contributed by atoms with Crippen LogP contribution in [0.3, 0.4) is 0 Å². The maximum Gasteiger partial charge on any atom is 0.315 e. The molecule has 0 aromatic heterocycles. The van der Waals surface area contributed by atoms with Crippen molar-refractivity contribution in [3.8, 4) is 0 Å². The van der Waals surface area contributed by atoms with Gasteiger partial charge in [-0.25, -0.2) is 0 Å². The number of hydrogen-bond acceptors (Lipinski definition) is 3. The summed E-state index contributed by atoms with van der Waals surface area (Å²) in [7, 11) is 1.38. The SMILES string of the molecule is COC(=O)C1C[NH+]([O-])CCC1c1ccccc1. The Bertz CT molecular complexity index is 380. The van der Waals surface area contributed by atoms with Crippen LogP contribution in [0.2, 0.25) is 0 Å². The molecule has 2 rings (SSSR count). The van der Waals surface area contributed by atoms with Gasteiger partial charge >= 0.3 is 5.97 Å². The molecule has 1 fully saturated rings. The number of quaternary nitrogens is 1. The van der Waals surface area contributed by atoms with E-state index in [-0.39, 0.29) is 22.9 Å². The second-order valence-corrected chi connectivity index (χ2v) is 4.43. The number of rotatable bonds is 2. The number of esters is 1. The highest BCUT2D eigenvalue weighted by Gasteiger charge is 2.36. The van der Waals surface area contributed by atoms with E-state index in [0.29, 0.717) is 13.1 Å². The van der Waals surface area contributed by atoms with Crippen molar-refractivity contribution in [3.63, 3.8) is 0 Å². The molecule has 1 heterocycles. The number of ether oxygens (including phenoxy) is 1. The average molecular weight is 235 g/mol. The van der Waals surface area contributed by atoms with E-state index < -0.39 is 0 Å². The van der Waals surface area contributed by atoms with Crippen molar-refractivity contribution in [1.82, 2.24) is 0 Å². The van der Waals surface area contributed by atoms with E-state index in [2.05, 4.69) is 0 Å². The van der Waals surface area contributed by atoms with Gasteiger partial charge in [0.25, 0.3) is 0 Å². The summed E-state index contributed by atoms with van der Waals surface area (Å²) in [6.07, 6.45) is 0.739. The fourth-order valence-corrected chi connectivity index (χ4v) is 2.51. The first kappa shape index (κ1) is 12.1. The Morgan fingerprint density at radius 3 is 2.76 bits per heavy atom. The molecule has 1 N–H and O–H groups in total. The molecular formula is C13H17NO3. The monoisotopic (exact) mass is 235 g/mol. The van der Waals surface area contributed by atoms with Gasteiger partial charge in [0.15, 0.2) is 0 Å². The molecule has 3 unspecified atom stereocenters. The quantitative estimate of drug-likeness (QED) is 0.594. The maximum absolute atomic E-state index is 11.7. The molecule has 17 heavy (non-hydrogen) atoms. The van der Waals surface area contributed by atoms with E-state index in [4.69, 9.17) is 4.74 Å². The van der Waals surface area contributed by atoms with Crippen molar-refractivity contribution < 1.29 is 14.6 Å². The van der Waals surface area contributed by atoms with Crippen molar-refractivity contribution in [2.45, 2.75) is 12.3 Å². The smallest absolute Gasteiger partial charge is 0.315 e. The first-order valence-electron chi connectivity index (χ1n) is 5.87. The first-order valence-corrected chi connectivity index (χ1v) is 5.87. The first-order chi connectivity index (χ1) is 8.22. The highest BCUT2D eigenvalue weighted by molar-refractivity contribution is 5.73. The molecule has 3 atom stereocenters. The number of hydrogen-bond donors (Lipinski definition) is 1. The molecule has 0 spiro atoms. The number of benzene rings is 1. The second-order valence-electron chi connectivity index (χ2n) is 4.43. The van der Waals surface area contributed by atoms with Crippen LogP contribution < -0.4 is 5.06 Å².